The van der Waals surface area contributed by atoms with Crippen LogP contribution in [0.3, 0.4) is 0 Å². The Hall–Kier alpha value is -0.830. The second-order valence-electron chi connectivity index (χ2n) is 2.33. The molecule has 0 aliphatic heterocycles. The third kappa shape index (κ3) is 4.56. The maximum absolute atomic E-state index is 11.0. The van der Waals surface area contributed by atoms with Crippen molar-refractivity contribution in [2.45, 2.75) is 19.8 Å². The molecule has 2 N–H and O–H groups in total. The summed E-state index contributed by atoms with van der Waals surface area (Å²) in [6.07, 6.45) is 1.27. The number of aliphatic hydroxyl groups excluding tert-OH is 1. The Labute approximate surface area is 67.1 Å². The number of carbonyl (C=O) groups is 1. The van der Waals surface area contributed by atoms with Crippen LogP contribution in [0.5, 0.6) is 0 Å². The van der Waals surface area contributed by atoms with Gasteiger partial charge in [0.25, 0.3) is 0 Å². The molecule has 0 aromatic rings. The zero-order valence-corrected chi connectivity index (χ0v) is 6.89. The van der Waals surface area contributed by atoms with Crippen LogP contribution in [0.2, 0.25) is 0 Å². The summed E-state index contributed by atoms with van der Waals surface area (Å²) in [6, 6.07) is 0. The highest BCUT2D eigenvalue weighted by Crippen LogP contribution is 1.95. The molecule has 1 amide bonds. The lowest BCUT2D eigenvalue weighted by Gasteiger charge is -2.03. The van der Waals surface area contributed by atoms with E-state index in [1.807, 2.05) is 6.92 Å². The number of carbonyl (C=O) groups excluding carboxylic acids is 1. The van der Waals surface area contributed by atoms with Crippen molar-refractivity contribution in [2.24, 2.45) is 0 Å². The molecule has 0 rings (SSSR count). The summed E-state index contributed by atoms with van der Waals surface area (Å²) < 4.78 is 0. The largest absolute Gasteiger partial charge is 0.396 e. The van der Waals surface area contributed by atoms with Crippen LogP contribution in [0.1, 0.15) is 19.8 Å². The summed E-state index contributed by atoms with van der Waals surface area (Å²) in [6.45, 7) is 6.16. The van der Waals surface area contributed by atoms with Crippen molar-refractivity contribution in [3.63, 3.8) is 0 Å². The molecule has 0 aliphatic rings. The highest BCUT2D eigenvalue weighted by molar-refractivity contribution is 5.92. The normalized spacial score (nSPS) is 9.27. The minimum Gasteiger partial charge on any atom is -0.396 e. The van der Waals surface area contributed by atoms with Crippen LogP contribution in [-0.4, -0.2) is 24.2 Å². The highest BCUT2D eigenvalue weighted by Gasteiger charge is 2.03. The van der Waals surface area contributed by atoms with Crippen LogP contribution in [0.4, 0.5) is 0 Å². The summed E-state index contributed by atoms with van der Waals surface area (Å²) in [4.78, 5) is 11.0. The molecule has 0 aromatic carbocycles. The van der Waals surface area contributed by atoms with Crippen LogP contribution in [-0.2, 0) is 4.79 Å². The first kappa shape index (κ1) is 10.2. The molecule has 0 atom stereocenters. The second-order valence-corrected chi connectivity index (χ2v) is 2.33. The van der Waals surface area contributed by atoms with Gasteiger partial charge in [0.15, 0.2) is 0 Å². The Morgan fingerprint density at radius 1 is 1.64 bits per heavy atom. The van der Waals surface area contributed by atoms with E-state index in [2.05, 4.69) is 11.9 Å². The van der Waals surface area contributed by atoms with Gasteiger partial charge in [-0.05, 0) is 6.42 Å². The molecule has 0 fully saturated rings. The van der Waals surface area contributed by atoms with Crippen molar-refractivity contribution >= 4 is 5.91 Å². The molecule has 3 heteroatoms. The van der Waals surface area contributed by atoms with Gasteiger partial charge in [-0.1, -0.05) is 13.5 Å². The van der Waals surface area contributed by atoms with Crippen molar-refractivity contribution in [1.82, 2.24) is 5.32 Å². The lowest BCUT2D eigenvalue weighted by molar-refractivity contribution is -0.117. The van der Waals surface area contributed by atoms with Gasteiger partial charge in [0.1, 0.15) is 0 Å². The van der Waals surface area contributed by atoms with Gasteiger partial charge < -0.3 is 10.4 Å². The molecule has 0 radical (unpaired) electrons. The Kier molecular flexibility index (Phi) is 5.47. The SMILES string of the molecule is C=C(CCO)C(=O)NCCC. The van der Waals surface area contributed by atoms with E-state index in [9.17, 15) is 4.79 Å². The first-order valence-corrected chi connectivity index (χ1v) is 3.79. The Morgan fingerprint density at radius 2 is 2.27 bits per heavy atom. The van der Waals surface area contributed by atoms with E-state index in [-0.39, 0.29) is 12.5 Å². The zero-order valence-electron chi connectivity index (χ0n) is 6.89. The van der Waals surface area contributed by atoms with Crippen LogP contribution in [0.15, 0.2) is 12.2 Å². The Bertz CT molecular complexity index is 143. The van der Waals surface area contributed by atoms with Crippen molar-refractivity contribution < 1.29 is 9.90 Å². The highest BCUT2D eigenvalue weighted by atomic mass is 16.3. The van der Waals surface area contributed by atoms with E-state index < -0.39 is 0 Å². The smallest absolute Gasteiger partial charge is 0.246 e. The first-order chi connectivity index (χ1) is 5.22. The fourth-order valence-electron chi connectivity index (χ4n) is 0.612. The predicted molar refractivity (Wildman–Crippen MR) is 44.1 cm³/mol. The summed E-state index contributed by atoms with van der Waals surface area (Å²) in [7, 11) is 0. The van der Waals surface area contributed by atoms with E-state index in [4.69, 9.17) is 5.11 Å². The van der Waals surface area contributed by atoms with Crippen molar-refractivity contribution in [1.29, 1.82) is 0 Å². The van der Waals surface area contributed by atoms with Gasteiger partial charge >= 0.3 is 0 Å². The molecule has 64 valence electrons. The molecule has 0 bridgehead atoms. The molecule has 0 aliphatic carbocycles. The van der Waals surface area contributed by atoms with E-state index >= 15 is 0 Å². The molecule has 0 aromatic heterocycles. The van der Waals surface area contributed by atoms with Crippen LogP contribution in [0, 0.1) is 0 Å². The number of nitrogens with one attached hydrogen (secondary N) is 1. The van der Waals surface area contributed by atoms with Crippen LogP contribution < -0.4 is 5.32 Å². The van der Waals surface area contributed by atoms with Crippen molar-refractivity contribution in [2.75, 3.05) is 13.2 Å². The molecular formula is C8H15NO2. The molecule has 11 heavy (non-hydrogen) atoms. The maximum Gasteiger partial charge on any atom is 0.246 e. The predicted octanol–water partition coefficient (Wildman–Crippen LogP) is 0.451. The number of hydrogen-bond donors (Lipinski definition) is 2. The van der Waals surface area contributed by atoms with Gasteiger partial charge in [-0.15, -0.1) is 0 Å². The second kappa shape index (κ2) is 5.92. The van der Waals surface area contributed by atoms with Gasteiger partial charge in [0, 0.05) is 25.1 Å². The van der Waals surface area contributed by atoms with Crippen LogP contribution >= 0.6 is 0 Å². The quantitative estimate of drug-likeness (QED) is 0.569. The van der Waals surface area contributed by atoms with Crippen molar-refractivity contribution in [3.05, 3.63) is 12.2 Å². The van der Waals surface area contributed by atoms with Gasteiger partial charge in [0.2, 0.25) is 5.91 Å². The summed E-state index contributed by atoms with van der Waals surface area (Å²) >= 11 is 0. The average molecular weight is 157 g/mol. The summed E-state index contributed by atoms with van der Waals surface area (Å²) in [5.74, 6) is -0.152. The molecule has 0 saturated heterocycles. The van der Waals surface area contributed by atoms with Crippen molar-refractivity contribution in [3.8, 4) is 0 Å². The third-order valence-electron chi connectivity index (χ3n) is 1.27. The molecular weight excluding hydrogens is 142 g/mol. The minimum atomic E-state index is -0.152. The zero-order chi connectivity index (χ0) is 8.69. The molecule has 0 unspecified atom stereocenters. The lowest BCUT2D eigenvalue weighted by Crippen LogP contribution is -2.25. The Morgan fingerprint density at radius 3 is 2.73 bits per heavy atom. The van der Waals surface area contributed by atoms with E-state index in [0.717, 1.165) is 6.42 Å². The fraction of sp³-hybridized carbons (Fsp3) is 0.625. The monoisotopic (exact) mass is 157 g/mol. The van der Waals surface area contributed by atoms with Crippen LogP contribution in [0.25, 0.3) is 0 Å². The first-order valence-electron chi connectivity index (χ1n) is 3.79. The van der Waals surface area contributed by atoms with E-state index in [1.165, 1.54) is 0 Å². The molecule has 0 saturated carbocycles. The summed E-state index contributed by atoms with van der Waals surface area (Å²) in [5, 5.41) is 11.1. The number of amides is 1. The van der Waals surface area contributed by atoms with Gasteiger partial charge in [-0.3, -0.25) is 4.79 Å². The summed E-state index contributed by atoms with van der Waals surface area (Å²) in [5.41, 5.74) is 0.445. The standard InChI is InChI=1S/C8H15NO2/c1-3-5-9-8(11)7(2)4-6-10/h10H,2-6H2,1H3,(H,9,11). The minimum absolute atomic E-state index is 0.0155. The van der Waals surface area contributed by atoms with Gasteiger partial charge in [-0.2, -0.15) is 0 Å². The number of hydrogen-bond acceptors (Lipinski definition) is 2. The van der Waals surface area contributed by atoms with E-state index in [0.29, 0.717) is 18.5 Å². The Balaban J connectivity index is 3.56. The lowest BCUT2D eigenvalue weighted by atomic mass is 10.2. The third-order valence-corrected chi connectivity index (χ3v) is 1.27. The van der Waals surface area contributed by atoms with Gasteiger partial charge in [-0.25, -0.2) is 0 Å². The fourth-order valence-corrected chi connectivity index (χ4v) is 0.612. The number of aliphatic hydroxyl groups is 1. The molecule has 3 nitrogen and oxygen atoms in total. The number of rotatable bonds is 5. The average Bonchev–Trinajstić information content (AvgIpc) is 2.00. The molecule has 0 heterocycles. The molecule has 0 spiro atoms. The topological polar surface area (TPSA) is 49.3 Å². The van der Waals surface area contributed by atoms with E-state index in [1.54, 1.807) is 0 Å². The maximum atomic E-state index is 11.0. The van der Waals surface area contributed by atoms with Gasteiger partial charge in [0.05, 0.1) is 0 Å².